The van der Waals surface area contributed by atoms with E-state index in [1.165, 1.54) is 6.92 Å². The molecule has 5 heteroatoms. The zero-order valence-corrected chi connectivity index (χ0v) is 14.0. The first-order chi connectivity index (χ1) is 12.1. The zero-order valence-electron chi connectivity index (χ0n) is 14.0. The molecule has 0 amide bonds. The van der Waals surface area contributed by atoms with Crippen LogP contribution in [0.15, 0.2) is 48.5 Å². The van der Waals surface area contributed by atoms with E-state index in [4.69, 9.17) is 9.47 Å². The summed E-state index contributed by atoms with van der Waals surface area (Å²) in [6, 6.07) is 15.0. The van der Waals surface area contributed by atoms with Crippen LogP contribution in [-0.2, 0) is 4.79 Å². The van der Waals surface area contributed by atoms with Gasteiger partial charge in [0.25, 0.3) is 0 Å². The highest BCUT2D eigenvalue weighted by molar-refractivity contribution is 6.00. The molecule has 0 spiro atoms. The van der Waals surface area contributed by atoms with Gasteiger partial charge in [-0.3, -0.25) is 14.2 Å². The third-order valence-electron chi connectivity index (χ3n) is 4.61. The van der Waals surface area contributed by atoms with Gasteiger partial charge in [-0.2, -0.15) is 0 Å². The first-order valence-electron chi connectivity index (χ1n) is 8.09. The van der Waals surface area contributed by atoms with Gasteiger partial charge in [-0.25, -0.2) is 0 Å². The first-order valence-corrected chi connectivity index (χ1v) is 8.09. The lowest BCUT2D eigenvalue weighted by Crippen LogP contribution is -2.24. The van der Waals surface area contributed by atoms with Crippen molar-refractivity contribution < 1.29 is 19.1 Å². The number of hydrogen-bond acceptors (Lipinski definition) is 4. The van der Waals surface area contributed by atoms with Gasteiger partial charge in [0.1, 0.15) is 5.75 Å². The fourth-order valence-corrected chi connectivity index (χ4v) is 3.52. The van der Waals surface area contributed by atoms with Crippen molar-refractivity contribution in [3.05, 3.63) is 59.8 Å². The molecule has 0 saturated heterocycles. The quantitative estimate of drug-likeness (QED) is 0.669. The van der Waals surface area contributed by atoms with Crippen molar-refractivity contribution in [1.29, 1.82) is 0 Å². The number of nitrogens with zero attached hydrogens (tertiary/aromatic N) is 1. The Bertz CT molecular complexity index is 985. The predicted octanol–water partition coefficient (Wildman–Crippen LogP) is 3.75. The van der Waals surface area contributed by atoms with Gasteiger partial charge in [-0.15, -0.1) is 0 Å². The summed E-state index contributed by atoms with van der Waals surface area (Å²) < 4.78 is 12.4. The molecule has 1 unspecified atom stereocenters. The Morgan fingerprint density at radius 1 is 1.16 bits per heavy atom. The molecule has 3 aromatic rings. The number of benzene rings is 2. The van der Waals surface area contributed by atoms with Crippen molar-refractivity contribution in [2.45, 2.75) is 19.3 Å². The third kappa shape index (κ3) is 2.39. The van der Waals surface area contributed by atoms with Crippen LogP contribution >= 0.6 is 0 Å². The summed E-state index contributed by atoms with van der Waals surface area (Å²) in [5.74, 6) is 0.601. The van der Waals surface area contributed by atoms with E-state index < -0.39 is 0 Å². The van der Waals surface area contributed by atoms with Crippen molar-refractivity contribution in [2.75, 3.05) is 7.11 Å². The number of esters is 1. The van der Waals surface area contributed by atoms with E-state index in [1.54, 1.807) is 11.7 Å². The van der Waals surface area contributed by atoms with E-state index in [1.807, 2.05) is 48.5 Å². The van der Waals surface area contributed by atoms with Gasteiger partial charge in [0.2, 0.25) is 5.91 Å². The number of fused-ring (bicyclic) bond motifs is 3. The minimum atomic E-state index is -0.292. The minimum Gasteiger partial charge on any atom is -0.497 e. The molecule has 0 radical (unpaired) electrons. The second-order valence-electron chi connectivity index (χ2n) is 6.09. The average molecular weight is 335 g/mol. The Hall–Kier alpha value is -3.08. The van der Waals surface area contributed by atoms with Gasteiger partial charge in [0.05, 0.1) is 24.7 Å². The summed E-state index contributed by atoms with van der Waals surface area (Å²) in [4.78, 5) is 24.6. The zero-order chi connectivity index (χ0) is 17.6. The van der Waals surface area contributed by atoms with Crippen LogP contribution < -0.4 is 9.47 Å². The molecular weight excluding hydrogens is 318 g/mol. The number of carbonyl (C=O) groups is 2. The van der Waals surface area contributed by atoms with Gasteiger partial charge < -0.3 is 9.47 Å². The second-order valence-corrected chi connectivity index (χ2v) is 6.09. The van der Waals surface area contributed by atoms with E-state index in [-0.39, 0.29) is 24.2 Å². The molecule has 0 fully saturated rings. The number of methoxy groups -OCH3 is 1. The van der Waals surface area contributed by atoms with Crippen molar-refractivity contribution in [3.8, 4) is 11.5 Å². The molecule has 0 bridgehead atoms. The highest BCUT2D eigenvalue weighted by Crippen LogP contribution is 2.45. The molecule has 0 aliphatic carbocycles. The Morgan fingerprint density at radius 3 is 2.56 bits per heavy atom. The molecule has 0 saturated carbocycles. The monoisotopic (exact) mass is 335 g/mol. The lowest BCUT2D eigenvalue weighted by Gasteiger charge is -2.24. The van der Waals surface area contributed by atoms with Crippen LogP contribution in [0.4, 0.5) is 0 Å². The van der Waals surface area contributed by atoms with Crippen molar-refractivity contribution >= 4 is 22.8 Å². The van der Waals surface area contributed by atoms with E-state index in [2.05, 4.69) is 0 Å². The van der Waals surface area contributed by atoms with Crippen LogP contribution in [0.1, 0.15) is 35.3 Å². The van der Waals surface area contributed by atoms with E-state index in [9.17, 15) is 9.59 Å². The summed E-state index contributed by atoms with van der Waals surface area (Å²) in [6.45, 7) is 1.52. The summed E-state index contributed by atoms with van der Waals surface area (Å²) in [6.07, 6.45) is 0.197. The molecule has 1 atom stereocenters. The molecule has 1 aliphatic heterocycles. The summed E-state index contributed by atoms with van der Waals surface area (Å²) in [5.41, 5.74) is 2.44. The molecule has 0 N–H and O–H groups in total. The third-order valence-corrected chi connectivity index (χ3v) is 4.61. The number of aromatic nitrogens is 1. The van der Waals surface area contributed by atoms with Gasteiger partial charge in [-0.05, 0) is 29.8 Å². The molecule has 1 aromatic heterocycles. The Morgan fingerprint density at radius 2 is 1.88 bits per heavy atom. The van der Waals surface area contributed by atoms with Gasteiger partial charge in [0.15, 0.2) is 5.75 Å². The van der Waals surface area contributed by atoms with Gasteiger partial charge in [0, 0.05) is 18.2 Å². The van der Waals surface area contributed by atoms with Crippen LogP contribution in [0.2, 0.25) is 0 Å². The smallest absolute Gasteiger partial charge is 0.312 e. The van der Waals surface area contributed by atoms with Crippen LogP contribution in [0.3, 0.4) is 0 Å². The number of rotatable bonds is 2. The largest absolute Gasteiger partial charge is 0.497 e. The molecule has 126 valence electrons. The predicted molar refractivity (Wildman–Crippen MR) is 93.3 cm³/mol. The van der Waals surface area contributed by atoms with E-state index >= 15 is 0 Å². The maximum absolute atomic E-state index is 12.4. The topological polar surface area (TPSA) is 57.5 Å². The molecule has 5 nitrogen and oxygen atoms in total. The number of para-hydroxylation sites is 1. The molecular formula is C20H17NO4. The highest BCUT2D eigenvalue weighted by Gasteiger charge is 2.35. The lowest BCUT2D eigenvalue weighted by molar-refractivity contribution is -0.135. The number of hydrogen-bond donors (Lipinski definition) is 0. The molecule has 2 aromatic carbocycles. The second kappa shape index (κ2) is 5.77. The minimum absolute atomic E-state index is 0.103. The maximum atomic E-state index is 12.4. The van der Waals surface area contributed by atoms with E-state index in [0.717, 1.165) is 27.9 Å². The van der Waals surface area contributed by atoms with Crippen LogP contribution in [0.25, 0.3) is 10.9 Å². The highest BCUT2D eigenvalue weighted by atomic mass is 16.5. The average Bonchev–Trinajstić information content (AvgIpc) is 2.96. The van der Waals surface area contributed by atoms with Gasteiger partial charge >= 0.3 is 5.97 Å². The lowest BCUT2D eigenvalue weighted by atomic mass is 9.90. The van der Waals surface area contributed by atoms with E-state index in [0.29, 0.717) is 5.75 Å². The fourth-order valence-electron chi connectivity index (χ4n) is 3.52. The molecule has 25 heavy (non-hydrogen) atoms. The first kappa shape index (κ1) is 15.4. The van der Waals surface area contributed by atoms with Crippen molar-refractivity contribution in [1.82, 2.24) is 4.57 Å². The summed E-state index contributed by atoms with van der Waals surface area (Å²) in [7, 11) is 1.61. The summed E-state index contributed by atoms with van der Waals surface area (Å²) in [5, 5.41) is 0.777. The van der Waals surface area contributed by atoms with Crippen molar-refractivity contribution in [2.24, 2.45) is 0 Å². The van der Waals surface area contributed by atoms with Crippen LogP contribution in [0, 0.1) is 0 Å². The fraction of sp³-hybridized carbons (Fsp3) is 0.200. The SMILES string of the molecule is COc1ccc(C2CC(=O)Oc3c2n(C(C)=O)c2ccccc32)cc1. The molecule has 1 aliphatic rings. The Labute approximate surface area is 144 Å². The Kier molecular flexibility index (Phi) is 3.57. The number of ether oxygens (including phenoxy) is 2. The number of carbonyl (C=O) groups excluding carboxylic acids is 2. The van der Waals surface area contributed by atoms with Gasteiger partial charge in [-0.1, -0.05) is 24.3 Å². The van der Waals surface area contributed by atoms with Crippen LogP contribution in [-0.4, -0.2) is 23.6 Å². The normalized spacial score (nSPS) is 16.4. The maximum Gasteiger partial charge on any atom is 0.312 e. The Balaban J connectivity index is 1.98. The molecule has 2 heterocycles. The van der Waals surface area contributed by atoms with Crippen molar-refractivity contribution in [3.63, 3.8) is 0 Å². The standard InChI is InChI=1S/C20H17NO4/c1-12(22)21-17-6-4-3-5-15(17)20-19(21)16(11-18(23)25-20)13-7-9-14(24-2)10-8-13/h3-10,16H,11H2,1-2H3. The molecule has 4 rings (SSSR count). The summed E-state index contributed by atoms with van der Waals surface area (Å²) >= 11 is 0. The van der Waals surface area contributed by atoms with Crippen LogP contribution in [0.5, 0.6) is 11.5 Å².